The lowest BCUT2D eigenvalue weighted by Gasteiger charge is -2.25. The molecule has 32 heavy (non-hydrogen) atoms. The molecule has 0 unspecified atom stereocenters. The fourth-order valence-electron chi connectivity index (χ4n) is 3.79. The number of likely N-dealkylation sites (tertiary alicyclic amines) is 1. The lowest BCUT2D eigenvalue weighted by atomic mass is 9.94. The van der Waals surface area contributed by atoms with E-state index >= 15 is 0 Å². The number of pyridine rings is 1. The number of halogens is 1. The minimum Gasteiger partial charge on any atom is -0.507 e. The minimum atomic E-state index is -0.825. The second-order valence-electron chi connectivity index (χ2n) is 7.54. The molecule has 1 aliphatic rings. The average Bonchev–Trinajstić information content (AvgIpc) is 3.04. The molecule has 1 fully saturated rings. The zero-order chi connectivity index (χ0) is 22.8. The highest BCUT2D eigenvalue weighted by atomic mass is 19.1. The maximum absolute atomic E-state index is 14.3. The molecular formula is C25H21FN2O4. The third-order valence-electron chi connectivity index (χ3n) is 5.46. The van der Waals surface area contributed by atoms with Gasteiger partial charge in [0.05, 0.1) is 18.7 Å². The summed E-state index contributed by atoms with van der Waals surface area (Å²) in [7, 11) is 1.33. The average molecular weight is 432 g/mol. The zero-order valence-electron chi connectivity index (χ0n) is 17.6. The van der Waals surface area contributed by atoms with Crippen LogP contribution in [0, 0.1) is 12.7 Å². The summed E-state index contributed by atoms with van der Waals surface area (Å²) in [4.78, 5) is 31.4. The van der Waals surface area contributed by atoms with Gasteiger partial charge in [-0.05, 0) is 48.4 Å². The molecule has 0 bridgehead atoms. The number of rotatable bonds is 5. The van der Waals surface area contributed by atoms with E-state index in [0.29, 0.717) is 5.56 Å². The first-order valence-corrected chi connectivity index (χ1v) is 9.98. The van der Waals surface area contributed by atoms with Crippen molar-refractivity contribution in [2.45, 2.75) is 19.5 Å². The Hall–Kier alpha value is -4.00. The van der Waals surface area contributed by atoms with Gasteiger partial charge in [0, 0.05) is 24.5 Å². The highest BCUT2D eigenvalue weighted by Crippen LogP contribution is 2.40. The van der Waals surface area contributed by atoms with Crippen molar-refractivity contribution in [3.05, 3.63) is 101 Å². The van der Waals surface area contributed by atoms with Crippen LogP contribution in [0.1, 0.15) is 28.3 Å². The molecule has 162 valence electrons. The van der Waals surface area contributed by atoms with Gasteiger partial charge in [-0.25, -0.2) is 4.39 Å². The van der Waals surface area contributed by atoms with E-state index in [0.717, 1.165) is 17.2 Å². The Labute approximate surface area is 184 Å². The molecule has 1 N–H and O–H groups in total. The monoisotopic (exact) mass is 432 g/mol. The number of aliphatic hydroxyl groups excluding tert-OH is 1. The van der Waals surface area contributed by atoms with E-state index in [1.165, 1.54) is 24.1 Å². The van der Waals surface area contributed by atoms with Crippen molar-refractivity contribution in [3.63, 3.8) is 0 Å². The van der Waals surface area contributed by atoms with E-state index in [-0.39, 0.29) is 23.4 Å². The van der Waals surface area contributed by atoms with Gasteiger partial charge in [0.25, 0.3) is 11.7 Å². The molecule has 1 atom stereocenters. The van der Waals surface area contributed by atoms with E-state index in [2.05, 4.69) is 4.98 Å². The molecule has 0 saturated carbocycles. The number of hydrogen-bond donors (Lipinski definition) is 1. The quantitative estimate of drug-likeness (QED) is 0.372. The third-order valence-corrected chi connectivity index (χ3v) is 5.46. The summed E-state index contributed by atoms with van der Waals surface area (Å²) < 4.78 is 19.2. The normalized spacial score (nSPS) is 17.6. The molecule has 3 aromatic rings. The molecule has 1 saturated heterocycles. The number of Topliss-reactive ketones (excluding diaryl/α,β-unsaturated/α-hetero) is 1. The highest BCUT2D eigenvalue weighted by Gasteiger charge is 2.46. The number of aryl methyl sites for hydroxylation is 1. The molecule has 2 aromatic carbocycles. The van der Waals surface area contributed by atoms with Gasteiger partial charge < -0.3 is 14.7 Å². The van der Waals surface area contributed by atoms with E-state index in [1.54, 1.807) is 24.5 Å². The SMILES string of the molecule is COc1ccc(C(O)=C2C(=O)C(=O)N(Cc3ccncc3)[C@@H]2c2ccc(C)cc2)cc1F. The maximum atomic E-state index is 14.3. The smallest absolute Gasteiger partial charge is 0.295 e. The molecule has 2 heterocycles. The predicted octanol–water partition coefficient (Wildman–Crippen LogP) is 4.16. The van der Waals surface area contributed by atoms with Crippen LogP contribution in [0.25, 0.3) is 5.76 Å². The Kier molecular flexibility index (Phi) is 5.73. The maximum Gasteiger partial charge on any atom is 0.295 e. The third kappa shape index (κ3) is 3.85. The van der Waals surface area contributed by atoms with Crippen molar-refractivity contribution in [2.75, 3.05) is 7.11 Å². The summed E-state index contributed by atoms with van der Waals surface area (Å²) in [6.45, 7) is 2.08. The number of ketones is 1. The summed E-state index contributed by atoms with van der Waals surface area (Å²) in [6.07, 6.45) is 3.21. The Bertz CT molecular complexity index is 1210. The van der Waals surface area contributed by atoms with Gasteiger partial charge in [0.15, 0.2) is 11.6 Å². The summed E-state index contributed by atoms with van der Waals surface area (Å²) in [5, 5.41) is 11.0. The fraction of sp³-hybridized carbons (Fsp3) is 0.160. The van der Waals surface area contributed by atoms with Crippen molar-refractivity contribution < 1.29 is 23.8 Å². The molecule has 7 heteroatoms. The number of amides is 1. The van der Waals surface area contributed by atoms with Crippen LogP contribution in [0.15, 0.2) is 72.6 Å². The first-order valence-electron chi connectivity index (χ1n) is 9.98. The Balaban J connectivity index is 1.86. The van der Waals surface area contributed by atoms with E-state index < -0.39 is 29.3 Å². The molecule has 0 aliphatic carbocycles. The lowest BCUT2D eigenvalue weighted by Crippen LogP contribution is -2.29. The molecule has 0 radical (unpaired) electrons. The van der Waals surface area contributed by atoms with Crippen LogP contribution in [0.3, 0.4) is 0 Å². The van der Waals surface area contributed by atoms with Gasteiger partial charge in [-0.2, -0.15) is 0 Å². The van der Waals surface area contributed by atoms with Crippen LogP contribution in [0.2, 0.25) is 0 Å². The molecule has 1 amide bonds. The van der Waals surface area contributed by atoms with Crippen LogP contribution in [0.4, 0.5) is 4.39 Å². The predicted molar refractivity (Wildman–Crippen MR) is 116 cm³/mol. The summed E-state index contributed by atoms with van der Waals surface area (Å²) in [5.74, 6) is -2.67. The van der Waals surface area contributed by atoms with Gasteiger partial charge in [-0.1, -0.05) is 29.8 Å². The highest BCUT2D eigenvalue weighted by molar-refractivity contribution is 6.46. The first kappa shape index (κ1) is 21.2. The van der Waals surface area contributed by atoms with Crippen LogP contribution in [0.5, 0.6) is 5.75 Å². The van der Waals surface area contributed by atoms with Crippen molar-refractivity contribution in [1.82, 2.24) is 9.88 Å². The van der Waals surface area contributed by atoms with Crippen molar-refractivity contribution in [3.8, 4) is 5.75 Å². The number of aliphatic hydroxyl groups is 1. The summed E-state index contributed by atoms with van der Waals surface area (Å²) >= 11 is 0. The Morgan fingerprint density at radius 2 is 1.78 bits per heavy atom. The van der Waals surface area contributed by atoms with Gasteiger partial charge >= 0.3 is 0 Å². The van der Waals surface area contributed by atoms with E-state index in [4.69, 9.17) is 4.74 Å². The van der Waals surface area contributed by atoms with Crippen molar-refractivity contribution in [2.24, 2.45) is 0 Å². The number of carbonyl (C=O) groups is 2. The Morgan fingerprint density at radius 3 is 2.41 bits per heavy atom. The topological polar surface area (TPSA) is 79.7 Å². The molecule has 6 nitrogen and oxygen atoms in total. The molecular weight excluding hydrogens is 411 g/mol. The second kappa shape index (κ2) is 8.63. The van der Waals surface area contributed by atoms with Gasteiger partial charge in [0.2, 0.25) is 0 Å². The van der Waals surface area contributed by atoms with Crippen molar-refractivity contribution >= 4 is 17.4 Å². The number of hydrogen-bond acceptors (Lipinski definition) is 5. The molecule has 0 spiro atoms. The van der Waals surface area contributed by atoms with E-state index in [1.807, 2.05) is 31.2 Å². The Morgan fingerprint density at radius 1 is 1.09 bits per heavy atom. The van der Waals surface area contributed by atoms with Crippen molar-refractivity contribution in [1.29, 1.82) is 0 Å². The number of carbonyl (C=O) groups excluding carboxylic acids is 2. The lowest BCUT2D eigenvalue weighted by molar-refractivity contribution is -0.140. The largest absolute Gasteiger partial charge is 0.507 e. The molecule has 4 rings (SSSR count). The first-order chi connectivity index (χ1) is 15.4. The molecule has 1 aromatic heterocycles. The second-order valence-corrected chi connectivity index (χ2v) is 7.54. The number of nitrogens with zero attached hydrogens (tertiary/aromatic N) is 2. The number of aromatic nitrogens is 1. The number of methoxy groups -OCH3 is 1. The van der Waals surface area contributed by atoms with Gasteiger partial charge in [0.1, 0.15) is 5.76 Å². The van der Waals surface area contributed by atoms with Gasteiger partial charge in [-0.15, -0.1) is 0 Å². The minimum absolute atomic E-state index is 0.00905. The van der Waals surface area contributed by atoms with Crippen LogP contribution in [-0.2, 0) is 16.1 Å². The van der Waals surface area contributed by atoms with Crippen LogP contribution in [-0.4, -0.2) is 33.8 Å². The zero-order valence-corrected chi connectivity index (χ0v) is 17.6. The number of ether oxygens (including phenoxy) is 1. The van der Waals surface area contributed by atoms with E-state index in [9.17, 15) is 19.1 Å². The fourth-order valence-corrected chi connectivity index (χ4v) is 3.79. The van der Waals surface area contributed by atoms with Gasteiger partial charge in [-0.3, -0.25) is 14.6 Å². The van der Waals surface area contributed by atoms with Crippen LogP contribution >= 0.6 is 0 Å². The summed E-state index contributed by atoms with van der Waals surface area (Å²) in [6, 6.07) is 13.9. The standard InChI is InChI=1S/C25H21FN2O4/c1-15-3-5-17(6-4-15)22-21(23(29)18-7-8-20(32-2)19(26)13-18)24(30)25(31)28(22)14-16-9-11-27-12-10-16/h3-13,22,29H,14H2,1-2H3/t22-/m1/s1. The summed E-state index contributed by atoms with van der Waals surface area (Å²) in [5.41, 5.74) is 2.46. The number of benzene rings is 2. The molecule has 1 aliphatic heterocycles. The van der Waals surface area contributed by atoms with Crippen LogP contribution < -0.4 is 4.74 Å².